The molecule has 1 aromatic heterocycles. The fourth-order valence-corrected chi connectivity index (χ4v) is 3.70. The van der Waals surface area contributed by atoms with Crippen molar-refractivity contribution in [1.82, 2.24) is 9.55 Å². The molecule has 0 fully saturated rings. The molecule has 3 rings (SSSR count). The molecule has 2 aromatic carbocycles. The van der Waals surface area contributed by atoms with E-state index in [0.717, 1.165) is 36.4 Å². The Balaban J connectivity index is 2.11. The summed E-state index contributed by atoms with van der Waals surface area (Å²) in [5.41, 5.74) is 2.97. The first-order valence-electron chi connectivity index (χ1n) is 10.6. The number of unbranched alkanes of at least 4 members (excludes halogenated alkanes) is 2. The van der Waals surface area contributed by atoms with E-state index in [1.54, 1.807) is 0 Å². The summed E-state index contributed by atoms with van der Waals surface area (Å²) in [5, 5.41) is 3.02. The van der Waals surface area contributed by atoms with Gasteiger partial charge in [0.2, 0.25) is 0 Å². The lowest BCUT2D eigenvalue weighted by molar-refractivity contribution is -0.698. The lowest BCUT2D eigenvalue weighted by Gasteiger charge is -2.19. The maximum absolute atomic E-state index is 13.4. The molecule has 1 heterocycles. The lowest BCUT2D eigenvalue weighted by atomic mass is 10.1. The van der Waals surface area contributed by atoms with E-state index in [4.69, 9.17) is 4.98 Å². The number of hydrogen-bond donors (Lipinski definition) is 1. The predicted octanol–water partition coefficient (Wildman–Crippen LogP) is 4.15. The number of nitrogens with two attached hydrogens (primary N) is 1. The van der Waals surface area contributed by atoms with Crippen LogP contribution < -0.4 is 10.9 Å². The van der Waals surface area contributed by atoms with Crippen LogP contribution in [0.5, 0.6) is 0 Å². The number of benzene rings is 2. The van der Waals surface area contributed by atoms with Crippen molar-refractivity contribution in [2.75, 3.05) is 6.54 Å². The van der Waals surface area contributed by atoms with Crippen molar-refractivity contribution in [1.29, 1.82) is 0 Å². The molecule has 3 aromatic rings. The summed E-state index contributed by atoms with van der Waals surface area (Å²) >= 11 is 0. The van der Waals surface area contributed by atoms with Crippen LogP contribution in [0.1, 0.15) is 63.9 Å². The number of rotatable bonds is 9. The molecule has 2 N–H and O–H groups in total. The molecule has 0 aliphatic heterocycles. The highest BCUT2D eigenvalue weighted by Gasteiger charge is 2.22. The standard InChI is InChI=1S/C24H31N3O/c1-4-7-10-17-25-21(6-3)23-26-22-12-9-8-11-20(22)24(28)27(23)19-15-13-18(5-2)14-16-19/h8-9,11-16,21,25H,4-7,10,17H2,1-3H3/p+1/t21-/m0/s1. The zero-order chi connectivity index (χ0) is 19.9. The third kappa shape index (κ3) is 4.33. The number of nitrogens with zero attached hydrogens (tertiary/aromatic N) is 2. The van der Waals surface area contributed by atoms with Gasteiger partial charge in [-0.2, -0.15) is 0 Å². The number of fused-ring (bicyclic) bond motifs is 1. The fourth-order valence-electron chi connectivity index (χ4n) is 3.70. The van der Waals surface area contributed by atoms with Gasteiger partial charge < -0.3 is 5.32 Å². The van der Waals surface area contributed by atoms with Gasteiger partial charge in [0.15, 0.2) is 5.82 Å². The minimum Gasteiger partial charge on any atom is -0.338 e. The Kier molecular flexibility index (Phi) is 6.99. The molecule has 0 aliphatic rings. The molecular weight excluding hydrogens is 346 g/mol. The van der Waals surface area contributed by atoms with Gasteiger partial charge in [-0.1, -0.05) is 51.5 Å². The van der Waals surface area contributed by atoms with E-state index in [9.17, 15) is 4.79 Å². The monoisotopic (exact) mass is 378 g/mol. The van der Waals surface area contributed by atoms with Gasteiger partial charge in [0.25, 0.3) is 5.56 Å². The second kappa shape index (κ2) is 9.65. The predicted molar refractivity (Wildman–Crippen MR) is 116 cm³/mol. The highest BCUT2D eigenvalue weighted by molar-refractivity contribution is 5.77. The Morgan fingerprint density at radius 1 is 1.00 bits per heavy atom. The molecule has 0 spiro atoms. The van der Waals surface area contributed by atoms with Gasteiger partial charge in [-0.25, -0.2) is 4.98 Å². The smallest absolute Gasteiger partial charge is 0.266 e. The van der Waals surface area contributed by atoms with Crippen molar-refractivity contribution in [2.24, 2.45) is 0 Å². The van der Waals surface area contributed by atoms with Gasteiger partial charge in [-0.3, -0.25) is 9.36 Å². The van der Waals surface area contributed by atoms with Crippen molar-refractivity contribution < 1.29 is 5.32 Å². The zero-order valence-corrected chi connectivity index (χ0v) is 17.3. The molecule has 0 amide bonds. The van der Waals surface area contributed by atoms with Crippen LogP contribution >= 0.6 is 0 Å². The third-order valence-electron chi connectivity index (χ3n) is 5.43. The Bertz CT molecular complexity index is 960. The minimum atomic E-state index is 0.0188. The maximum Gasteiger partial charge on any atom is 0.266 e. The van der Waals surface area contributed by atoms with Crippen LogP contribution in [0, 0.1) is 0 Å². The quantitative estimate of drug-likeness (QED) is 0.569. The van der Waals surface area contributed by atoms with Crippen LogP contribution in [-0.4, -0.2) is 16.1 Å². The van der Waals surface area contributed by atoms with Crippen molar-refractivity contribution in [3.63, 3.8) is 0 Å². The molecular formula is C24H32N3O+. The Labute approximate surface area is 167 Å². The highest BCUT2D eigenvalue weighted by atomic mass is 16.1. The van der Waals surface area contributed by atoms with Crippen molar-refractivity contribution in [3.05, 3.63) is 70.3 Å². The summed E-state index contributed by atoms with van der Waals surface area (Å²) in [6.45, 7) is 7.60. The van der Waals surface area contributed by atoms with Crippen LogP contribution in [0.2, 0.25) is 0 Å². The van der Waals surface area contributed by atoms with Crippen LogP contribution in [0.3, 0.4) is 0 Å². The summed E-state index contributed by atoms with van der Waals surface area (Å²) in [6.07, 6.45) is 5.57. The summed E-state index contributed by atoms with van der Waals surface area (Å²) in [6, 6.07) is 16.1. The van der Waals surface area contributed by atoms with E-state index >= 15 is 0 Å². The normalized spacial score (nSPS) is 12.4. The number of aromatic nitrogens is 2. The Hall–Kier alpha value is -2.46. The molecule has 28 heavy (non-hydrogen) atoms. The first-order valence-corrected chi connectivity index (χ1v) is 10.6. The maximum atomic E-state index is 13.4. The second-order valence-electron chi connectivity index (χ2n) is 7.39. The van der Waals surface area contributed by atoms with Gasteiger partial charge >= 0.3 is 0 Å². The molecule has 0 bridgehead atoms. The molecule has 0 saturated heterocycles. The van der Waals surface area contributed by atoms with Crippen molar-refractivity contribution >= 4 is 10.9 Å². The first-order chi connectivity index (χ1) is 13.7. The van der Waals surface area contributed by atoms with E-state index < -0.39 is 0 Å². The lowest BCUT2D eigenvalue weighted by Crippen LogP contribution is -2.85. The number of quaternary nitrogens is 1. The molecule has 4 nitrogen and oxygen atoms in total. The van der Waals surface area contributed by atoms with E-state index in [1.165, 1.54) is 24.8 Å². The van der Waals surface area contributed by atoms with E-state index in [2.05, 4.69) is 38.2 Å². The summed E-state index contributed by atoms with van der Waals surface area (Å²) in [7, 11) is 0. The van der Waals surface area contributed by atoms with Crippen LogP contribution in [0.25, 0.3) is 16.6 Å². The third-order valence-corrected chi connectivity index (χ3v) is 5.43. The molecule has 148 valence electrons. The van der Waals surface area contributed by atoms with Gasteiger partial charge in [-0.15, -0.1) is 0 Å². The Morgan fingerprint density at radius 3 is 2.43 bits per heavy atom. The summed E-state index contributed by atoms with van der Waals surface area (Å²) in [5.74, 6) is 0.854. The number of para-hydroxylation sites is 1. The van der Waals surface area contributed by atoms with E-state index in [0.29, 0.717) is 5.39 Å². The topological polar surface area (TPSA) is 51.5 Å². The first kappa shape index (κ1) is 20.3. The molecule has 4 heteroatoms. The average molecular weight is 379 g/mol. The van der Waals surface area contributed by atoms with Crippen molar-refractivity contribution in [3.8, 4) is 5.69 Å². The zero-order valence-electron chi connectivity index (χ0n) is 17.3. The van der Waals surface area contributed by atoms with E-state index in [-0.39, 0.29) is 11.6 Å². The van der Waals surface area contributed by atoms with Crippen molar-refractivity contribution in [2.45, 2.75) is 58.9 Å². The molecule has 0 saturated carbocycles. The minimum absolute atomic E-state index is 0.0188. The van der Waals surface area contributed by atoms with Gasteiger partial charge in [0.1, 0.15) is 6.04 Å². The van der Waals surface area contributed by atoms with Crippen LogP contribution in [0.15, 0.2) is 53.3 Å². The van der Waals surface area contributed by atoms with Crippen LogP contribution in [0.4, 0.5) is 0 Å². The van der Waals surface area contributed by atoms with Gasteiger partial charge in [-0.05, 0) is 49.1 Å². The average Bonchev–Trinajstić information content (AvgIpc) is 2.74. The number of aryl methyl sites for hydroxylation is 1. The fraction of sp³-hybridized carbons (Fsp3) is 0.417. The SMILES string of the molecule is CCCCC[NH2+][C@@H](CC)c1nc2ccccc2c(=O)n1-c1ccc(CC)cc1. The Morgan fingerprint density at radius 2 is 1.75 bits per heavy atom. The molecule has 1 atom stereocenters. The molecule has 0 unspecified atom stereocenters. The molecule has 0 aliphatic carbocycles. The second-order valence-corrected chi connectivity index (χ2v) is 7.39. The summed E-state index contributed by atoms with van der Waals surface area (Å²) in [4.78, 5) is 18.4. The van der Waals surface area contributed by atoms with Gasteiger partial charge in [0.05, 0.1) is 23.1 Å². The highest BCUT2D eigenvalue weighted by Crippen LogP contribution is 2.18. The number of hydrogen-bond acceptors (Lipinski definition) is 2. The van der Waals surface area contributed by atoms with Gasteiger partial charge in [0, 0.05) is 6.42 Å². The summed E-state index contributed by atoms with van der Waals surface area (Å²) < 4.78 is 1.83. The molecule has 0 radical (unpaired) electrons. The largest absolute Gasteiger partial charge is 0.338 e. The van der Waals surface area contributed by atoms with E-state index in [1.807, 2.05) is 41.0 Å². The van der Waals surface area contributed by atoms with Crippen LogP contribution in [-0.2, 0) is 6.42 Å².